The van der Waals surface area contributed by atoms with Crippen molar-refractivity contribution in [2.45, 2.75) is 46.1 Å². The molecule has 7 heteroatoms. The molecule has 1 aromatic carbocycles. The first-order valence-electron chi connectivity index (χ1n) is 8.19. The lowest BCUT2D eigenvalue weighted by Crippen LogP contribution is -2.49. The lowest BCUT2D eigenvalue weighted by Gasteiger charge is -2.20. The van der Waals surface area contributed by atoms with E-state index in [2.05, 4.69) is 10.6 Å². The largest absolute Gasteiger partial charge is 0.494 e. The Morgan fingerprint density at radius 1 is 1.12 bits per heavy atom. The smallest absolute Gasteiger partial charge is 0.321 e. The number of carbonyl (C=O) groups excluding carboxylic acids is 3. The van der Waals surface area contributed by atoms with Gasteiger partial charge in [-0.3, -0.25) is 14.9 Å². The molecule has 2 N–H and O–H groups in total. The van der Waals surface area contributed by atoms with Crippen LogP contribution in [0, 0.1) is 0 Å². The van der Waals surface area contributed by atoms with Crippen molar-refractivity contribution in [3.63, 3.8) is 0 Å². The fourth-order valence-corrected chi connectivity index (χ4v) is 2.00. The molecule has 25 heavy (non-hydrogen) atoms. The molecule has 0 aliphatic rings. The Morgan fingerprint density at radius 3 is 2.44 bits per heavy atom. The van der Waals surface area contributed by atoms with Crippen LogP contribution in [0.5, 0.6) is 5.75 Å². The summed E-state index contributed by atoms with van der Waals surface area (Å²) in [6, 6.07) is 6.82. The zero-order valence-electron chi connectivity index (χ0n) is 15.2. The second-order valence-corrected chi connectivity index (χ2v) is 6.45. The molecule has 138 valence electrons. The summed E-state index contributed by atoms with van der Waals surface area (Å²) in [6.45, 7) is 7.30. The van der Waals surface area contributed by atoms with Gasteiger partial charge in [0.1, 0.15) is 5.75 Å². The molecule has 0 saturated heterocycles. The summed E-state index contributed by atoms with van der Waals surface area (Å²) >= 11 is 0. The monoisotopic (exact) mass is 350 g/mol. The molecule has 7 nitrogen and oxygen atoms in total. The lowest BCUT2D eigenvalue weighted by molar-refractivity contribution is -0.148. The highest BCUT2D eigenvalue weighted by Crippen LogP contribution is 2.19. The Kier molecular flexibility index (Phi) is 7.91. The van der Waals surface area contributed by atoms with Crippen LogP contribution in [0.4, 0.5) is 4.79 Å². The van der Waals surface area contributed by atoms with Crippen molar-refractivity contribution in [1.29, 1.82) is 0 Å². The zero-order chi connectivity index (χ0) is 18.9. The third-order valence-electron chi connectivity index (χ3n) is 2.98. The van der Waals surface area contributed by atoms with E-state index in [-0.39, 0.29) is 6.42 Å². The summed E-state index contributed by atoms with van der Waals surface area (Å²) in [5.74, 6) is -0.461. The van der Waals surface area contributed by atoms with Gasteiger partial charge in [0.25, 0.3) is 5.91 Å². The SMILES string of the molecule is CCOc1ccccc1CCC(=O)OCC(=O)NC(=O)NC(C)(C)C. The number of urea groups is 1. The standard InChI is InChI=1S/C18H26N2O5/c1-5-24-14-9-7-6-8-13(14)10-11-16(22)25-12-15(21)19-17(23)20-18(2,3)4/h6-9H,5,10-12H2,1-4H3,(H2,19,20,21,23). The van der Waals surface area contributed by atoms with Gasteiger partial charge in [0.05, 0.1) is 6.61 Å². The number of hydrogen-bond acceptors (Lipinski definition) is 5. The highest BCUT2D eigenvalue weighted by Gasteiger charge is 2.16. The van der Waals surface area contributed by atoms with Gasteiger partial charge < -0.3 is 14.8 Å². The molecule has 0 aromatic heterocycles. The molecular weight excluding hydrogens is 324 g/mol. The summed E-state index contributed by atoms with van der Waals surface area (Å²) in [6.07, 6.45) is 0.562. The predicted molar refractivity (Wildman–Crippen MR) is 93.3 cm³/mol. The van der Waals surface area contributed by atoms with Gasteiger partial charge in [-0.2, -0.15) is 0 Å². The van der Waals surface area contributed by atoms with Gasteiger partial charge in [0, 0.05) is 12.0 Å². The third-order valence-corrected chi connectivity index (χ3v) is 2.98. The Bertz CT molecular complexity index is 608. The van der Waals surface area contributed by atoms with E-state index in [0.29, 0.717) is 13.0 Å². The number of carbonyl (C=O) groups is 3. The van der Waals surface area contributed by atoms with Gasteiger partial charge in [-0.25, -0.2) is 4.79 Å². The van der Waals surface area contributed by atoms with Crippen molar-refractivity contribution >= 4 is 17.9 Å². The van der Waals surface area contributed by atoms with Gasteiger partial charge in [0.2, 0.25) is 0 Å². The third kappa shape index (κ3) is 8.74. The van der Waals surface area contributed by atoms with Crippen LogP contribution in [0.15, 0.2) is 24.3 Å². The summed E-state index contributed by atoms with van der Waals surface area (Å²) in [4.78, 5) is 34.9. The normalized spacial score (nSPS) is 10.7. The van der Waals surface area contributed by atoms with E-state index < -0.39 is 30.1 Å². The quantitative estimate of drug-likeness (QED) is 0.735. The molecule has 0 aliphatic carbocycles. The Labute approximate surface area is 148 Å². The summed E-state index contributed by atoms with van der Waals surface area (Å²) in [7, 11) is 0. The molecule has 0 radical (unpaired) electrons. The number of hydrogen-bond donors (Lipinski definition) is 2. The van der Waals surface area contributed by atoms with Gasteiger partial charge in [-0.05, 0) is 45.7 Å². The second kappa shape index (κ2) is 9.66. The van der Waals surface area contributed by atoms with Crippen molar-refractivity contribution in [1.82, 2.24) is 10.6 Å². The maximum Gasteiger partial charge on any atom is 0.321 e. The Hall–Kier alpha value is -2.57. The molecule has 0 atom stereocenters. The minimum Gasteiger partial charge on any atom is -0.494 e. The Morgan fingerprint density at radius 2 is 1.80 bits per heavy atom. The van der Waals surface area contributed by atoms with E-state index in [1.165, 1.54) is 0 Å². The number of esters is 1. The lowest BCUT2D eigenvalue weighted by atomic mass is 10.1. The van der Waals surface area contributed by atoms with Gasteiger partial charge >= 0.3 is 12.0 Å². The molecule has 1 rings (SSSR count). The maximum absolute atomic E-state index is 11.8. The van der Waals surface area contributed by atoms with Gasteiger partial charge in [-0.15, -0.1) is 0 Å². The number of ether oxygens (including phenoxy) is 2. The second-order valence-electron chi connectivity index (χ2n) is 6.45. The molecule has 1 aromatic rings. The average Bonchev–Trinajstić information content (AvgIpc) is 2.50. The molecule has 0 bridgehead atoms. The van der Waals surface area contributed by atoms with E-state index in [4.69, 9.17) is 9.47 Å². The number of imide groups is 1. The van der Waals surface area contributed by atoms with Crippen molar-refractivity contribution in [3.8, 4) is 5.75 Å². The van der Waals surface area contributed by atoms with Crippen LogP contribution < -0.4 is 15.4 Å². The topological polar surface area (TPSA) is 93.7 Å². The first kappa shape index (κ1) is 20.5. The van der Waals surface area contributed by atoms with E-state index in [9.17, 15) is 14.4 Å². The fourth-order valence-electron chi connectivity index (χ4n) is 2.00. The highest BCUT2D eigenvalue weighted by molar-refractivity contribution is 5.95. The molecule has 3 amide bonds. The average molecular weight is 350 g/mol. The minimum absolute atomic E-state index is 0.117. The van der Waals surface area contributed by atoms with Crippen LogP contribution in [0.2, 0.25) is 0 Å². The molecular formula is C18H26N2O5. The fraction of sp³-hybridized carbons (Fsp3) is 0.500. The van der Waals surface area contributed by atoms with E-state index in [0.717, 1.165) is 11.3 Å². The van der Waals surface area contributed by atoms with Crippen LogP contribution in [-0.2, 0) is 20.7 Å². The van der Waals surface area contributed by atoms with Gasteiger partial charge in [0.15, 0.2) is 6.61 Å². The summed E-state index contributed by atoms with van der Waals surface area (Å²) < 4.78 is 10.4. The molecule has 0 unspecified atom stereocenters. The van der Waals surface area contributed by atoms with Gasteiger partial charge in [-0.1, -0.05) is 18.2 Å². The molecule has 0 saturated carbocycles. The molecule has 0 spiro atoms. The number of amides is 3. The molecule has 0 aliphatic heterocycles. The number of benzene rings is 1. The molecule has 0 fully saturated rings. The molecule has 0 heterocycles. The first-order chi connectivity index (χ1) is 11.7. The zero-order valence-corrected chi connectivity index (χ0v) is 15.2. The van der Waals surface area contributed by atoms with Crippen LogP contribution in [0.3, 0.4) is 0 Å². The Balaban J connectivity index is 2.36. The van der Waals surface area contributed by atoms with E-state index in [1.807, 2.05) is 31.2 Å². The van der Waals surface area contributed by atoms with E-state index >= 15 is 0 Å². The number of para-hydroxylation sites is 1. The predicted octanol–water partition coefficient (Wildman–Crippen LogP) is 2.19. The minimum atomic E-state index is -0.676. The van der Waals surface area contributed by atoms with Crippen LogP contribution >= 0.6 is 0 Å². The number of aryl methyl sites for hydroxylation is 1. The van der Waals surface area contributed by atoms with Crippen molar-refractivity contribution in [2.75, 3.05) is 13.2 Å². The summed E-state index contributed by atoms with van der Waals surface area (Å²) in [5.41, 5.74) is 0.435. The number of nitrogens with one attached hydrogen (secondary N) is 2. The summed E-state index contributed by atoms with van der Waals surface area (Å²) in [5, 5.41) is 4.68. The van der Waals surface area contributed by atoms with Crippen LogP contribution in [-0.4, -0.2) is 36.7 Å². The van der Waals surface area contributed by atoms with Crippen LogP contribution in [0.25, 0.3) is 0 Å². The number of rotatable bonds is 7. The van der Waals surface area contributed by atoms with E-state index in [1.54, 1.807) is 20.8 Å². The van der Waals surface area contributed by atoms with Crippen LogP contribution in [0.1, 0.15) is 39.7 Å². The maximum atomic E-state index is 11.8. The highest BCUT2D eigenvalue weighted by atomic mass is 16.5. The van der Waals surface area contributed by atoms with Crippen molar-refractivity contribution in [3.05, 3.63) is 29.8 Å². The first-order valence-corrected chi connectivity index (χ1v) is 8.19. The van der Waals surface area contributed by atoms with Crippen molar-refractivity contribution < 1.29 is 23.9 Å². The van der Waals surface area contributed by atoms with Crippen molar-refractivity contribution in [2.24, 2.45) is 0 Å².